The molecule has 0 unspecified atom stereocenters. The molecule has 4 heteroatoms. The maximum Gasteiger partial charge on any atom is 0.401 e. The lowest BCUT2D eigenvalue weighted by Gasteiger charge is -2.18. The van der Waals surface area contributed by atoms with Crippen molar-refractivity contribution < 1.29 is 13.2 Å². The first-order valence-corrected chi connectivity index (χ1v) is 5.24. The van der Waals surface area contributed by atoms with Gasteiger partial charge in [-0.2, -0.15) is 13.2 Å². The summed E-state index contributed by atoms with van der Waals surface area (Å²) in [4.78, 5) is 1.26. The molecule has 0 aliphatic rings. The van der Waals surface area contributed by atoms with Gasteiger partial charge in [-0.05, 0) is 24.6 Å². The van der Waals surface area contributed by atoms with Gasteiger partial charge < -0.3 is 0 Å². The Balaban J connectivity index is 2.53. The molecule has 0 aliphatic carbocycles. The summed E-state index contributed by atoms with van der Waals surface area (Å²) in [6.45, 7) is 1.50. The van der Waals surface area contributed by atoms with Gasteiger partial charge in [0.05, 0.1) is 6.54 Å². The summed E-state index contributed by atoms with van der Waals surface area (Å²) in [5.41, 5.74) is 2.10. The van der Waals surface area contributed by atoms with Crippen LogP contribution in [0.15, 0.2) is 24.3 Å². The Bertz CT molecular complexity index is 316. The van der Waals surface area contributed by atoms with Crippen molar-refractivity contribution in [3.8, 4) is 0 Å². The van der Waals surface area contributed by atoms with Gasteiger partial charge in [0.25, 0.3) is 0 Å². The molecule has 0 aliphatic heterocycles. The molecule has 1 rings (SSSR count). The highest BCUT2D eigenvalue weighted by atomic mass is 19.4. The quantitative estimate of drug-likeness (QED) is 0.769. The first-order chi connectivity index (χ1) is 7.40. The molecule has 0 heterocycles. The normalized spacial score (nSPS) is 12.1. The van der Waals surface area contributed by atoms with E-state index < -0.39 is 12.7 Å². The first kappa shape index (κ1) is 13.0. The van der Waals surface area contributed by atoms with Crippen LogP contribution in [0.3, 0.4) is 0 Å². The minimum atomic E-state index is -4.13. The first-order valence-electron chi connectivity index (χ1n) is 5.24. The molecule has 0 spiro atoms. The van der Waals surface area contributed by atoms with Crippen molar-refractivity contribution in [1.29, 1.82) is 0 Å². The van der Waals surface area contributed by atoms with Gasteiger partial charge in [0.1, 0.15) is 0 Å². The van der Waals surface area contributed by atoms with Gasteiger partial charge in [-0.3, -0.25) is 4.90 Å². The van der Waals surface area contributed by atoms with Crippen molar-refractivity contribution in [2.24, 2.45) is 0 Å². The molecule has 0 radical (unpaired) electrons. The Labute approximate surface area is 93.9 Å². The third kappa shape index (κ3) is 4.66. The van der Waals surface area contributed by atoms with Gasteiger partial charge in [0.15, 0.2) is 0 Å². The predicted octanol–water partition coefficient (Wildman–Crippen LogP) is 3.24. The second-order valence-electron chi connectivity index (χ2n) is 3.96. The summed E-state index contributed by atoms with van der Waals surface area (Å²) in [5, 5.41) is 0. The number of halogens is 3. The lowest BCUT2D eigenvalue weighted by atomic mass is 10.1. The van der Waals surface area contributed by atoms with Crippen LogP contribution in [0.1, 0.15) is 18.1 Å². The van der Waals surface area contributed by atoms with E-state index >= 15 is 0 Å². The minimum absolute atomic E-state index is 0.323. The molecule has 0 bridgehead atoms. The smallest absolute Gasteiger partial charge is 0.294 e. The summed E-state index contributed by atoms with van der Waals surface area (Å²) in [6, 6.07) is 7.67. The monoisotopic (exact) mass is 231 g/mol. The van der Waals surface area contributed by atoms with Gasteiger partial charge in [-0.25, -0.2) is 0 Å². The molecule has 0 saturated carbocycles. The standard InChI is InChI=1S/C12H16F3N/c1-3-10-4-6-11(7-5-10)8-16(2)9-12(13,14)15/h4-7H,3,8-9H2,1-2H3. The van der Waals surface area contributed by atoms with Crippen LogP contribution in [0.4, 0.5) is 13.2 Å². The third-order valence-electron chi connectivity index (χ3n) is 2.33. The summed E-state index contributed by atoms with van der Waals surface area (Å²) < 4.78 is 36.3. The van der Waals surface area contributed by atoms with Crippen LogP contribution in [0.5, 0.6) is 0 Å². The van der Waals surface area contributed by atoms with Crippen molar-refractivity contribution in [3.63, 3.8) is 0 Å². The van der Waals surface area contributed by atoms with E-state index in [1.807, 2.05) is 31.2 Å². The molecule has 16 heavy (non-hydrogen) atoms. The molecule has 90 valence electrons. The third-order valence-corrected chi connectivity index (χ3v) is 2.33. The van der Waals surface area contributed by atoms with Crippen molar-refractivity contribution in [2.75, 3.05) is 13.6 Å². The zero-order chi connectivity index (χ0) is 12.2. The van der Waals surface area contributed by atoms with E-state index in [-0.39, 0.29) is 0 Å². The maximum atomic E-state index is 12.1. The molecule has 1 nitrogen and oxygen atoms in total. The average Bonchev–Trinajstić information content (AvgIpc) is 2.16. The highest BCUT2D eigenvalue weighted by Gasteiger charge is 2.28. The number of aryl methyl sites for hydroxylation is 1. The Kier molecular flexibility index (Phi) is 4.35. The Morgan fingerprint density at radius 3 is 2.00 bits per heavy atom. The van der Waals surface area contributed by atoms with Crippen molar-refractivity contribution >= 4 is 0 Å². The molecule has 0 atom stereocenters. The van der Waals surface area contributed by atoms with Gasteiger partial charge in [-0.1, -0.05) is 31.2 Å². The van der Waals surface area contributed by atoms with E-state index in [9.17, 15) is 13.2 Å². The van der Waals surface area contributed by atoms with Crippen LogP contribution >= 0.6 is 0 Å². The lowest BCUT2D eigenvalue weighted by Crippen LogP contribution is -2.30. The predicted molar refractivity (Wildman–Crippen MR) is 58.2 cm³/mol. The fraction of sp³-hybridized carbons (Fsp3) is 0.500. The van der Waals surface area contributed by atoms with E-state index in [1.54, 1.807) is 0 Å². The maximum absolute atomic E-state index is 12.1. The number of hydrogen-bond donors (Lipinski definition) is 0. The summed E-state index contributed by atoms with van der Waals surface area (Å²) in [6.07, 6.45) is -3.18. The molecule has 0 saturated heterocycles. The van der Waals surface area contributed by atoms with Crippen LogP contribution in [0.25, 0.3) is 0 Å². The van der Waals surface area contributed by atoms with Crippen LogP contribution in [0, 0.1) is 0 Å². The van der Waals surface area contributed by atoms with Crippen LogP contribution in [-0.2, 0) is 13.0 Å². The van der Waals surface area contributed by atoms with Crippen LogP contribution in [-0.4, -0.2) is 24.7 Å². The molecule has 0 aromatic heterocycles. The summed E-state index contributed by atoms with van der Waals surface area (Å²) >= 11 is 0. The summed E-state index contributed by atoms with van der Waals surface area (Å²) in [7, 11) is 1.47. The molecular formula is C12H16F3N. The molecule has 0 fully saturated rings. The fourth-order valence-electron chi connectivity index (χ4n) is 1.55. The number of benzene rings is 1. The number of nitrogens with zero attached hydrogens (tertiary/aromatic N) is 1. The van der Waals surface area contributed by atoms with Gasteiger partial charge in [0, 0.05) is 6.54 Å². The topological polar surface area (TPSA) is 3.24 Å². The highest BCUT2D eigenvalue weighted by Crippen LogP contribution is 2.17. The zero-order valence-electron chi connectivity index (χ0n) is 9.51. The molecule has 0 amide bonds. The van der Waals surface area contributed by atoms with Gasteiger partial charge in [0.2, 0.25) is 0 Å². The van der Waals surface area contributed by atoms with E-state index in [2.05, 4.69) is 0 Å². The second-order valence-corrected chi connectivity index (χ2v) is 3.96. The zero-order valence-corrected chi connectivity index (χ0v) is 9.51. The van der Waals surface area contributed by atoms with E-state index in [0.717, 1.165) is 12.0 Å². The molecule has 1 aromatic rings. The van der Waals surface area contributed by atoms with Gasteiger partial charge >= 0.3 is 6.18 Å². The number of alkyl halides is 3. The van der Waals surface area contributed by atoms with Crippen LogP contribution < -0.4 is 0 Å². The molecule has 0 N–H and O–H groups in total. The number of hydrogen-bond acceptors (Lipinski definition) is 1. The fourth-order valence-corrected chi connectivity index (χ4v) is 1.55. The highest BCUT2D eigenvalue weighted by molar-refractivity contribution is 5.22. The second kappa shape index (κ2) is 5.34. The minimum Gasteiger partial charge on any atom is -0.294 e. The summed E-state index contributed by atoms with van der Waals surface area (Å²) in [5.74, 6) is 0. The number of rotatable bonds is 4. The largest absolute Gasteiger partial charge is 0.401 e. The van der Waals surface area contributed by atoms with E-state index in [4.69, 9.17) is 0 Å². The SMILES string of the molecule is CCc1ccc(CN(C)CC(F)(F)F)cc1. The Morgan fingerprint density at radius 2 is 1.56 bits per heavy atom. The molecule has 1 aromatic carbocycles. The van der Waals surface area contributed by atoms with Crippen molar-refractivity contribution in [2.45, 2.75) is 26.1 Å². The van der Waals surface area contributed by atoms with Gasteiger partial charge in [-0.15, -0.1) is 0 Å². The Morgan fingerprint density at radius 1 is 1.06 bits per heavy atom. The Hall–Kier alpha value is -1.03. The van der Waals surface area contributed by atoms with Crippen molar-refractivity contribution in [3.05, 3.63) is 35.4 Å². The lowest BCUT2D eigenvalue weighted by molar-refractivity contribution is -0.144. The van der Waals surface area contributed by atoms with E-state index in [0.29, 0.717) is 6.54 Å². The van der Waals surface area contributed by atoms with E-state index in [1.165, 1.54) is 17.5 Å². The molecular weight excluding hydrogens is 215 g/mol. The van der Waals surface area contributed by atoms with Crippen LogP contribution in [0.2, 0.25) is 0 Å². The van der Waals surface area contributed by atoms with Crippen molar-refractivity contribution in [1.82, 2.24) is 4.90 Å². The average molecular weight is 231 g/mol.